The van der Waals surface area contributed by atoms with E-state index in [-0.39, 0.29) is 11.8 Å². The minimum absolute atomic E-state index is 0.00806. The Labute approximate surface area is 123 Å². The third-order valence-corrected chi connectivity index (χ3v) is 4.22. The van der Waals surface area contributed by atoms with Crippen molar-refractivity contribution in [2.45, 2.75) is 37.8 Å². The Kier molecular flexibility index (Phi) is 3.60. The van der Waals surface area contributed by atoms with Crippen LogP contribution in [-0.4, -0.2) is 11.8 Å². The molecule has 0 spiro atoms. The number of nitrogens with one attached hydrogen (secondary N) is 1. The largest absolute Gasteiger partial charge is 0.304 e. The predicted molar refractivity (Wildman–Crippen MR) is 77.2 cm³/mol. The second kappa shape index (κ2) is 5.40. The summed E-state index contributed by atoms with van der Waals surface area (Å²) in [6.07, 6.45) is 3.04. The predicted octanol–water partition coefficient (Wildman–Crippen LogP) is 3.32. The smallest absolute Gasteiger partial charge is 0.173 e. The minimum Gasteiger partial charge on any atom is -0.304 e. The van der Waals surface area contributed by atoms with Gasteiger partial charge in [-0.25, -0.2) is 0 Å². The highest BCUT2D eigenvalue weighted by atomic mass is 35.5. The summed E-state index contributed by atoms with van der Waals surface area (Å²) in [5.41, 5.74) is 2.59. The highest BCUT2D eigenvalue weighted by Gasteiger charge is 2.38. The van der Waals surface area contributed by atoms with Crippen molar-refractivity contribution in [1.29, 1.82) is 5.26 Å². The molecule has 0 aromatic heterocycles. The van der Waals surface area contributed by atoms with Crippen LogP contribution in [0.2, 0.25) is 5.02 Å². The first-order valence-corrected chi connectivity index (χ1v) is 7.23. The van der Waals surface area contributed by atoms with Gasteiger partial charge in [-0.1, -0.05) is 23.7 Å². The van der Waals surface area contributed by atoms with E-state index < -0.39 is 0 Å². The molecule has 1 N–H and O–H groups in total. The number of carbonyl (C=O) groups excluding carboxylic acids is 1. The Morgan fingerprint density at radius 3 is 3.00 bits per heavy atom. The van der Waals surface area contributed by atoms with E-state index in [1.165, 1.54) is 5.56 Å². The van der Waals surface area contributed by atoms with Crippen LogP contribution in [0.25, 0.3) is 0 Å². The first-order valence-electron chi connectivity index (χ1n) is 6.86. The van der Waals surface area contributed by atoms with Crippen molar-refractivity contribution >= 4 is 17.4 Å². The van der Waals surface area contributed by atoms with E-state index in [9.17, 15) is 4.79 Å². The van der Waals surface area contributed by atoms with Crippen LogP contribution in [0.1, 0.15) is 37.3 Å². The van der Waals surface area contributed by atoms with Crippen LogP contribution >= 0.6 is 11.6 Å². The summed E-state index contributed by atoms with van der Waals surface area (Å²) in [4.78, 5) is 11.7. The number of allylic oxidation sites excluding steroid dienone is 1. The number of halogens is 1. The third kappa shape index (κ3) is 2.63. The van der Waals surface area contributed by atoms with Gasteiger partial charge in [0.2, 0.25) is 0 Å². The molecule has 1 aliphatic heterocycles. The minimum atomic E-state index is 0.00806. The van der Waals surface area contributed by atoms with Gasteiger partial charge in [-0.2, -0.15) is 5.26 Å². The van der Waals surface area contributed by atoms with E-state index in [4.69, 9.17) is 16.9 Å². The second-order valence-electron chi connectivity index (χ2n) is 5.38. The molecule has 20 heavy (non-hydrogen) atoms. The average molecular weight is 287 g/mol. The Morgan fingerprint density at radius 2 is 2.25 bits per heavy atom. The normalized spacial score (nSPS) is 25.5. The summed E-state index contributed by atoms with van der Waals surface area (Å²) >= 11 is 6.00. The Morgan fingerprint density at radius 1 is 1.40 bits per heavy atom. The fourth-order valence-corrected chi connectivity index (χ4v) is 3.10. The molecule has 1 saturated heterocycles. The first-order chi connectivity index (χ1) is 9.69. The zero-order valence-corrected chi connectivity index (χ0v) is 11.8. The molecule has 1 aromatic rings. The summed E-state index contributed by atoms with van der Waals surface area (Å²) < 4.78 is 0. The van der Waals surface area contributed by atoms with Gasteiger partial charge in [0.15, 0.2) is 5.78 Å². The second-order valence-corrected chi connectivity index (χ2v) is 5.81. The van der Waals surface area contributed by atoms with Crippen LogP contribution < -0.4 is 5.32 Å². The van der Waals surface area contributed by atoms with Gasteiger partial charge in [-0.3, -0.25) is 4.79 Å². The lowest BCUT2D eigenvalue weighted by molar-refractivity contribution is -0.115. The molecule has 1 aliphatic carbocycles. The fraction of sp³-hybridized carbons (Fsp3) is 0.375. The molecule has 1 fully saturated rings. The number of hydrogen-bond acceptors (Lipinski definition) is 3. The average Bonchev–Trinajstić information content (AvgIpc) is 3.18. The Bertz CT molecular complexity index is 630. The highest BCUT2D eigenvalue weighted by Crippen LogP contribution is 2.37. The molecule has 1 heterocycles. The van der Waals surface area contributed by atoms with E-state index in [0.29, 0.717) is 18.0 Å². The van der Waals surface area contributed by atoms with Crippen LogP contribution in [0.15, 0.2) is 35.4 Å². The molecule has 3 nitrogen and oxygen atoms in total. The molecule has 4 heteroatoms. The van der Waals surface area contributed by atoms with Crippen molar-refractivity contribution in [1.82, 2.24) is 5.32 Å². The zero-order chi connectivity index (χ0) is 14.1. The van der Waals surface area contributed by atoms with Gasteiger partial charge in [0, 0.05) is 23.5 Å². The summed E-state index contributed by atoms with van der Waals surface area (Å²) in [6, 6.07) is 10.5. The lowest BCUT2D eigenvalue weighted by atomic mass is 9.88. The number of benzene rings is 1. The van der Waals surface area contributed by atoms with E-state index >= 15 is 0 Å². The number of hydrogen-bond donors (Lipinski definition) is 1. The molecule has 0 radical (unpaired) electrons. The van der Waals surface area contributed by atoms with E-state index in [1.807, 2.05) is 18.2 Å². The Balaban J connectivity index is 1.72. The van der Waals surface area contributed by atoms with Gasteiger partial charge in [0.1, 0.15) is 6.07 Å². The van der Waals surface area contributed by atoms with Crippen LogP contribution in [0.5, 0.6) is 0 Å². The SMILES string of the molecule is N#CC1=C(CC2NC2c2cccc(Cl)c2)CCCC1=O. The molecule has 3 rings (SSSR count). The van der Waals surface area contributed by atoms with Gasteiger partial charge in [-0.05, 0) is 42.5 Å². The summed E-state index contributed by atoms with van der Waals surface area (Å²) in [6.45, 7) is 0. The standard InChI is InChI=1S/C16H15ClN2O/c17-12-5-1-4-11(7-12)16-14(19-16)8-10-3-2-6-15(20)13(10)9-18/h1,4-5,7,14,16,19H,2-3,6,8H2. The summed E-state index contributed by atoms with van der Waals surface area (Å²) in [5, 5.41) is 13.3. The summed E-state index contributed by atoms with van der Waals surface area (Å²) in [5.74, 6) is 0.00806. The fourth-order valence-electron chi connectivity index (χ4n) is 2.90. The van der Waals surface area contributed by atoms with E-state index in [2.05, 4.69) is 17.5 Å². The molecule has 2 atom stereocenters. The topological polar surface area (TPSA) is 62.8 Å². The Hall–Kier alpha value is -1.63. The van der Waals surface area contributed by atoms with Crippen LogP contribution in [0.3, 0.4) is 0 Å². The monoisotopic (exact) mass is 286 g/mol. The van der Waals surface area contributed by atoms with Crippen LogP contribution in [-0.2, 0) is 4.79 Å². The van der Waals surface area contributed by atoms with Crippen LogP contribution in [0.4, 0.5) is 0 Å². The van der Waals surface area contributed by atoms with Crippen molar-refractivity contribution in [3.63, 3.8) is 0 Å². The number of carbonyl (C=O) groups is 1. The maximum Gasteiger partial charge on any atom is 0.173 e. The molecular formula is C16H15ClN2O. The van der Waals surface area contributed by atoms with E-state index in [1.54, 1.807) is 0 Å². The van der Waals surface area contributed by atoms with Crippen molar-refractivity contribution < 1.29 is 4.79 Å². The van der Waals surface area contributed by atoms with Crippen molar-refractivity contribution in [3.05, 3.63) is 46.0 Å². The van der Waals surface area contributed by atoms with Crippen LogP contribution in [0, 0.1) is 11.3 Å². The van der Waals surface area contributed by atoms with E-state index in [0.717, 1.165) is 29.9 Å². The van der Waals surface area contributed by atoms with Gasteiger partial charge in [0.05, 0.1) is 5.57 Å². The van der Waals surface area contributed by atoms with Crippen molar-refractivity contribution in [2.24, 2.45) is 0 Å². The molecule has 2 unspecified atom stereocenters. The molecule has 102 valence electrons. The molecular weight excluding hydrogens is 272 g/mol. The lowest BCUT2D eigenvalue weighted by Gasteiger charge is -2.14. The first kappa shape index (κ1) is 13.4. The van der Waals surface area contributed by atoms with Gasteiger partial charge >= 0.3 is 0 Å². The molecule has 0 bridgehead atoms. The van der Waals surface area contributed by atoms with Crippen molar-refractivity contribution in [3.8, 4) is 6.07 Å². The van der Waals surface area contributed by atoms with Gasteiger partial charge in [0.25, 0.3) is 0 Å². The zero-order valence-electron chi connectivity index (χ0n) is 11.0. The molecule has 2 aliphatic rings. The molecule has 0 saturated carbocycles. The number of Topliss-reactive ketones (excluding diaryl/α,β-unsaturated/α-hetero) is 1. The molecule has 0 amide bonds. The number of nitrogens with zero attached hydrogens (tertiary/aromatic N) is 1. The molecule has 1 aromatic carbocycles. The number of rotatable bonds is 3. The maximum absolute atomic E-state index is 11.7. The van der Waals surface area contributed by atoms with Gasteiger partial charge in [-0.15, -0.1) is 0 Å². The maximum atomic E-state index is 11.7. The number of nitriles is 1. The lowest BCUT2D eigenvalue weighted by Crippen LogP contribution is -2.12. The number of ketones is 1. The summed E-state index contributed by atoms with van der Waals surface area (Å²) in [7, 11) is 0. The van der Waals surface area contributed by atoms with Crippen molar-refractivity contribution in [2.75, 3.05) is 0 Å². The quantitative estimate of drug-likeness (QED) is 0.867. The third-order valence-electron chi connectivity index (χ3n) is 3.99. The highest BCUT2D eigenvalue weighted by molar-refractivity contribution is 6.30. The van der Waals surface area contributed by atoms with Gasteiger partial charge < -0.3 is 5.32 Å².